The van der Waals surface area contributed by atoms with Gasteiger partial charge in [-0.15, -0.1) is 0 Å². The molecule has 1 N–H and O–H groups in total. The van der Waals surface area contributed by atoms with Crippen LogP contribution in [0.25, 0.3) is 0 Å². The molecule has 1 heterocycles. The van der Waals surface area contributed by atoms with E-state index in [1.807, 2.05) is 43.3 Å². The van der Waals surface area contributed by atoms with Crippen LogP contribution in [-0.2, 0) is 4.74 Å². The summed E-state index contributed by atoms with van der Waals surface area (Å²) < 4.78 is 5.29. The molecule has 1 aliphatic carbocycles. The first kappa shape index (κ1) is 18.4. The molecule has 5 heteroatoms. The van der Waals surface area contributed by atoms with Crippen molar-refractivity contribution >= 4 is 34.9 Å². The van der Waals surface area contributed by atoms with E-state index in [9.17, 15) is 4.79 Å². The van der Waals surface area contributed by atoms with Crippen LogP contribution in [0.4, 0.5) is 5.69 Å². The largest absolute Gasteiger partial charge is 0.462 e. The van der Waals surface area contributed by atoms with Gasteiger partial charge in [-0.2, -0.15) is 0 Å². The third-order valence-electron chi connectivity index (χ3n) is 5.35. The number of rotatable bonds is 4. The van der Waals surface area contributed by atoms with Crippen LogP contribution in [0.1, 0.15) is 53.2 Å². The zero-order valence-corrected chi connectivity index (χ0v) is 16.6. The summed E-state index contributed by atoms with van der Waals surface area (Å²) in [6, 6.07) is 11.6. The summed E-state index contributed by atoms with van der Waals surface area (Å²) >= 11 is 12.8. The molecule has 3 atom stereocenters. The molecule has 2 aromatic carbocycles. The summed E-state index contributed by atoms with van der Waals surface area (Å²) in [6.45, 7) is 2.43. The lowest BCUT2D eigenvalue weighted by atomic mass is 9.76. The van der Waals surface area contributed by atoms with Crippen molar-refractivity contribution in [2.75, 3.05) is 11.9 Å². The van der Waals surface area contributed by atoms with E-state index in [1.54, 1.807) is 0 Å². The average Bonchev–Trinajstić information content (AvgIpc) is 3.17. The maximum absolute atomic E-state index is 12.3. The Balaban J connectivity index is 1.70. The van der Waals surface area contributed by atoms with Gasteiger partial charge in [0.2, 0.25) is 0 Å². The van der Waals surface area contributed by atoms with Gasteiger partial charge in [0.15, 0.2) is 0 Å². The molecule has 0 spiro atoms. The molecule has 0 saturated carbocycles. The lowest BCUT2D eigenvalue weighted by molar-refractivity contribution is 0.0505. The molecule has 140 valence electrons. The number of hydrogen-bond acceptors (Lipinski definition) is 3. The number of fused-ring (bicyclic) bond motifs is 3. The number of carbonyl (C=O) groups is 1. The molecule has 0 aromatic heterocycles. The van der Waals surface area contributed by atoms with E-state index in [-0.39, 0.29) is 17.9 Å². The third-order valence-corrected chi connectivity index (χ3v) is 6.19. The Hall–Kier alpha value is -1.97. The summed E-state index contributed by atoms with van der Waals surface area (Å²) in [5.41, 5.74) is 3.77. The van der Waals surface area contributed by atoms with Crippen LogP contribution in [0.3, 0.4) is 0 Å². The summed E-state index contributed by atoms with van der Waals surface area (Å²) in [5.74, 6) is 0.300. The van der Waals surface area contributed by atoms with Gasteiger partial charge in [-0.3, -0.25) is 0 Å². The molecule has 3 unspecified atom stereocenters. The van der Waals surface area contributed by atoms with Crippen molar-refractivity contribution in [3.8, 4) is 0 Å². The Labute approximate surface area is 169 Å². The Morgan fingerprint density at radius 2 is 2.07 bits per heavy atom. The van der Waals surface area contributed by atoms with E-state index < -0.39 is 0 Å². The van der Waals surface area contributed by atoms with Crippen LogP contribution >= 0.6 is 23.2 Å². The van der Waals surface area contributed by atoms with Gasteiger partial charge in [0.1, 0.15) is 0 Å². The summed E-state index contributed by atoms with van der Waals surface area (Å²) in [5, 5.41) is 4.80. The number of carbonyl (C=O) groups excluding carboxylic acids is 1. The second-order valence-electron chi connectivity index (χ2n) is 7.06. The first-order chi connectivity index (χ1) is 13.1. The van der Waals surface area contributed by atoms with Gasteiger partial charge in [0.25, 0.3) is 0 Å². The molecule has 0 amide bonds. The van der Waals surface area contributed by atoms with Gasteiger partial charge in [-0.25, -0.2) is 4.79 Å². The number of hydrogen-bond donors (Lipinski definition) is 1. The first-order valence-corrected chi connectivity index (χ1v) is 10.0. The SMILES string of the molecule is CCCOC(=O)c1ccc2c(c1)C1C=CCC1C(c1cccc(Cl)c1Cl)N2. The summed E-state index contributed by atoms with van der Waals surface area (Å²) in [4.78, 5) is 12.3. The minimum absolute atomic E-state index is 0.0709. The van der Waals surface area contributed by atoms with Gasteiger partial charge in [0.05, 0.1) is 28.3 Å². The van der Waals surface area contributed by atoms with Gasteiger partial charge in [-0.05, 0) is 54.2 Å². The fraction of sp³-hybridized carbons (Fsp3) is 0.318. The lowest BCUT2D eigenvalue weighted by Gasteiger charge is -2.38. The third kappa shape index (κ3) is 3.35. The molecule has 27 heavy (non-hydrogen) atoms. The number of halogens is 2. The van der Waals surface area contributed by atoms with E-state index >= 15 is 0 Å². The van der Waals surface area contributed by atoms with Crippen molar-refractivity contribution in [3.63, 3.8) is 0 Å². The normalized spacial score (nSPS) is 22.7. The standard InChI is InChI=1S/C22H21Cl2NO2/c1-2-11-27-22(26)13-9-10-19-17(12-13)14-5-3-6-15(14)21(25-19)16-7-4-8-18(23)20(16)24/h3-5,7-10,12,14-15,21,25H,2,6,11H2,1H3. The number of allylic oxidation sites excluding steroid dienone is 2. The van der Waals surface area contributed by atoms with Gasteiger partial charge >= 0.3 is 5.97 Å². The van der Waals surface area contributed by atoms with Crippen molar-refractivity contribution < 1.29 is 9.53 Å². The van der Waals surface area contributed by atoms with Crippen LogP contribution in [-0.4, -0.2) is 12.6 Å². The highest BCUT2D eigenvalue weighted by Gasteiger charge is 2.39. The quantitative estimate of drug-likeness (QED) is 0.476. The summed E-state index contributed by atoms with van der Waals surface area (Å²) in [7, 11) is 0. The van der Waals surface area contributed by atoms with Crippen molar-refractivity contribution in [3.05, 3.63) is 75.3 Å². The Bertz CT molecular complexity index is 909. The number of benzene rings is 2. The fourth-order valence-corrected chi connectivity index (χ4v) is 4.49. The summed E-state index contributed by atoms with van der Waals surface area (Å²) in [6.07, 6.45) is 6.21. The van der Waals surface area contributed by atoms with Crippen molar-refractivity contribution in [2.45, 2.75) is 31.7 Å². The molecule has 4 rings (SSSR count). The zero-order chi connectivity index (χ0) is 19.0. The lowest BCUT2D eigenvalue weighted by Crippen LogP contribution is -2.29. The number of ether oxygens (including phenoxy) is 1. The van der Waals surface area contributed by atoms with Gasteiger partial charge in [0, 0.05) is 11.6 Å². The van der Waals surface area contributed by atoms with Crippen molar-refractivity contribution in [1.82, 2.24) is 0 Å². The number of esters is 1. The van der Waals surface area contributed by atoms with Crippen LogP contribution in [0.2, 0.25) is 10.0 Å². The molecule has 0 fully saturated rings. The van der Waals surface area contributed by atoms with E-state index in [2.05, 4.69) is 17.5 Å². The molecule has 3 nitrogen and oxygen atoms in total. The average molecular weight is 402 g/mol. The Morgan fingerprint density at radius 3 is 2.89 bits per heavy atom. The molecule has 2 aromatic rings. The highest BCUT2D eigenvalue weighted by Crippen LogP contribution is 2.51. The maximum Gasteiger partial charge on any atom is 0.338 e. The van der Waals surface area contributed by atoms with Gasteiger partial charge in [-0.1, -0.05) is 54.4 Å². The second kappa shape index (κ2) is 7.57. The number of nitrogens with one attached hydrogen (secondary N) is 1. The molecular formula is C22H21Cl2NO2. The number of anilines is 1. The molecule has 0 bridgehead atoms. The predicted octanol–water partition coefficient (Wildman–Crippen LogP) is 6.39. The van der Waals surface area contributed by atoms with E-state index in [0.29, 0.717) is 28.1 Å². The topological polar surface area (TPSA) is 38.3 Å². The highest BCUT2D eigenvalue weighted by atomic mass is 35.5. The second-order valence-corrected chi connectivity index (χ2v) is 7.84. The minimum Gasteiger partial charge on any atom is -0.462 e. The first-order valence-electron chi connectivity index (χ1n) is 9.28. The van der Waals surface area contributed by atoms with Gasteiger partial charge < -0.3 is 10.1 Å². The maximum atomic E-state index is 12.3. The Morgan fingerprint density at radius 1 is 1.22 bits per heavy atom. The Kier molecular flexibility index (Phi) is 5.16. The van der Waals surface area contributed by atoms with Crippen LogP contribution in [0.5, 0.6) is 0 Å². The zero-order valence-electron chi connectivity index (χ0n) is 15.0. The minimum atomic E-state index is -0.266. The van der Waals surface area contributed by atoms with Crippen molar-refractivity contribution in [1.29, 1.82) is 0 Å². The van der Waals surface area contributed by atoms with E-state index in [1.165, 1.54) is 0 Å². The van der Waals surface area contributed by atoms with E-state index in [0.717, 1.165) is 29.7 Å². The molecule has 0 saturated heterocycles. The van der Waals surface area contributed by atoms with Crippen LogP contribution < -0.4 is 5.32 Å². The predicted molar refractivity (Wildman–Crippen MR) is 110 cm³/mol. The fourth-order valence-electron chi connectivity index (χ4n) is 4.07. The van der Waals surface area contributed by atoms with Crippen LogP contribution in [0.15, 0.2) is 48.6 Å². The van der Waals surface area contributed by atoms with E-state index in [4.69, 9.17) is 27.9 Å². The monoisotopic (exact) mass is 401 g/mol. The molecule has 0 radical (unpaired) electrons. The molecule has 1 aliphatic heterocycles. The smallest absolute Gasteiger partial charge is 0.338 e. The highest BCUT2D eigenvalue weighted by molar-refractivity contribution is 6.42. The van der Waals surface area contributed by atoms with Crippen molar-refractivity contribution in [2.24, 2.45) is 5.92 Å². The molecule has 2 aliphatic rings. The van der Waals surface area contributed by atoms with Crippen LogP contribution in [0, 0.1) is 5.92 Å². The molecular weight excluding hydrogens is 381 g/mol.